The quantitative estimate of drug-likeness (QED) is 0.381. The molecular formula is C30H34ClFN8O3. The summed E-state index contributed by atoms with van der Waals surface area (Å²) in [5.74, 6) is -0.187. The molecule has 13 heteroatoms. The van der Waals surface area contributed by atoms with Crippen LogP contribution in [0.1, 0.15) is 18.5 Å². The number of rotatable bonds is 8. The van der Waals surface area contributed by atoms with E-state index in [1.54, 1.807) is 29.3 Å². The number of carbonyl (C=O) groups is 2. The standard InChI is InChI=1S/C30H34ClFN8O3/c1-38-13-15-39(16-14-38)10-8-28(41)35-27-18-22(5-9-33-27)34-26-19-25(23-17-21(31)3-4-24(23)32)36-37-29(26)20-6-11-40(12-7-20)30(42)43-2/h3-6,9,17-19H,7-8,10-16H2,1-2H3,(H2,33,34,35,36,41). The fourth-order valence-electron chi connectivity index (χ4n) is 5.00. The second kappa shape index (κ2) is 13.9. The number of nitrogens with zero attached hydrogens (tertiary/aromatic N) is 6. The molecule has 3 aromatic rings. The molecule has 2 aliphatic rings. The van der Waals surface area contributed by atoms with Gasteiger partial charge in [0, 0.05) is 80.8 Å². The molecule has 2 aliphatic heterocycles. The summed E-state index contributed by atoms with van der Waals surface area (Å²) in [6, 6.07) is 9.45. The highest BCUT2D eigenvalue weighted by molar-refractivity contribution is 6.30. The van der Waals surface area contributed by atoms with Crippen LogP contribution < -0.4 is 10.6 Å². The monoisotopic (exact) mass is 608 g/mol. The average molecular weight is 609 g/mol. The number of benzene rings is 1. The van der Waals surface area contributed by atoms with Crippen molar-refractivity contribution < 1.29 is 18.7 Å². The lowest BCUT2D eigenvalue weighted by molar-refractivity contribution is -0.116. The number of amides is 2. The van der Waals surface area contributed by atoms with Gasteiger partial charge < -0.3 is 30.1 Å². The van der Waals surface area contributed by atoms with Gasteiger partial charge in [0.1, 0.15) is 17.3 Å². The Labute approximate surface area is 254 Å². The van der Waals surface area contributed by atoms with Crippen LogP contribution in [0.4, 0.5) is 26.4 Å². The third kappa shape index (κ3) is 7.83. The second-order valence-corrected chi connectivity index (χ2v) is 10.9. The molecule has 1 aromatic carbocycles. The number of halogens is 2. The van der Waals surface area contributed by atoms with Crippen molar-refractivity contribution in [3.63, 3.8) is 0 Å². The zero-order chi connectivity index (χ0) is 30.3. The molecule has 226 valence electrons. The lowest BCUT2D eigenvalue weighted by Crippen LogP contribution is -2.45. The van der Waals surface area contributed by atoms with Crippen LogP contribution in [0.5, 0.6) is 0 Å². The van der Waals surface area contributed by atoms with E-state index in [0.717, 1.165) is 31.8 Å². The van der Waals surface area contributed by atoms with Crippen LogP contribution in [0.15, 0.2) is 48.7 Å². The molecule has 0 spiro atoms. The Bertz CT molecular complexity index is 1510. The van der Waals surface area contributed by atoms with Gasteiger partial charge in [-0.2, -0.15) is 0 Å². The summed E-state index contributed by atoms with van der Waals surface area (Å²) in [7, 11) is 3.45. The van der Waals surface area contributed by atoms with E-state index in [1.165, 1.54) is 25.3 Å². The summed E-state index contributed by atoms with van der Waals surface area (Å²) in [6.07, 6.45) is 3.98. The minimum absolute atomic E-state index is 0.115. The normalized spacial score (nSPS) is 16.0. The number of piperazine rings is 1. The van der Waals surface area contributed by atoms with Gasteiger partial charge >= 0.3 is 6.09 Å². The van der Waals surface area contributed by atoms with Crippen molar-refractivity contribution in [2.75, 3.05) is 70.6 Å². The third-order valence-corrected chi connectivity index (χ3v) is 7.74. The van der Waals surface area contributed by atoms with Gasteiger partial charge in [-0.15, -0.1) is 10.2 Å². The highest BCUT2D eigenvalue weighted by Gasteiger charge is 2.22. The maximum absolute atomic E-state index is 14.7. The first-order valence-corrected chi connectivity index (χ1v) is 14.5. The van der Waals surface area contributed by atoms with E-state index in [-0.39, 0.29) is 11.5 Å². The molecule has 4 heterocycles. The molecule has 5 rings (SSSR count). The molecule has 11 nitrogen and oxygen atoms in total. The predicted molar refractivity (Wildman–Crippen MR) is 164 cm³/mol. The number of hydrogen-bond acceptors (Lipinski definition) is 9. The zero-order valence-corrected chi connectivity index (χ0v) is 24.9. The van der Waals surface area contributed by atoms with Crippen LogP contribution in [-0.4, -0.2) is 102 Å². The summed E-state index contributed by atoms with van der Waals surface area (Å²) < 4.78 is 19.6. The first-order chi connectivity index (χ1) is 20.8. The highest BCUT2D eigenvalue weighted by Crippen LogP contribution is 2.33. The van der Waals surface area contributed by atoms with Gasteiger partial charge in [-0.3, -0.25) is 4.79 Å². The fourth-order valence-corrected chi connectivity index (χ4v) is 5.17. The van der Waals surface area contributed by atoms with Gasteiger partial charge in [0.15, 0.2) is 0 Å². The van der Waals surface area contributed by atoms with E-state index >= 15 is 0 Å². The smallest absolute Gasteiger partial charge is 0.409 e. The third-order valence-electron chi connectivity index (χ3n) is 7.50. The average Bonchev–Trinajstić information content (AvgIpc) is 3.02. The van der Waals surface area contributed by atoms with Crippen molar-refractivity contribution in [1.82, 2.24) is 29.9 Å². The predicted octanol–water partition coefficient (Wildman–Crippen LogP) is 4.51. The number of anilines is 3. The zero-order valence-electron chi connectivity index (χ0n) is 24.1. The molecule has 0 unspecified atom stereocenters. The van der Waals surface area contributed by atoms with E-state index in [4.69, 9.17) is 16.3 Å². The van der Waals surface area contributed by atoms with Crippen molar-refractivity contribution in [2.24, 2.45) is 0 Å². The number of nitrogens with one attached hydrogen (secondary N) is 2. The van der Waals surface area contributed by atoms with Gasteiger partial charge in [0.05, 0.1) is 18.5 Å². The van der Waals surface area contributed by atoms with Crippen LogP contribution in [0.25, 0.3) is 16.8 Å². The molecule has 2 N–H and O–H groups in total. The lowest BCUT2D eigenvalue weighted by atomic mass is 10.0. The van der Waals surface area contributed by atoms with Gasteiger partial charge in [-0.1, -0.05) is 17.7 Å². The van der Waals surface area contributed by atoms with Crippen molar-refractivity contribution in [2.45, 2.75) is 12.8 Å². The van der Waals surface area contributed by atoms with E-state index in [9.17, 15) is 14.0 Å². The highest BCUT2D eigenvalue weighted by atomic mass is 35.5. The van der Waals surface area contributed by atoms with E-state index < -0.39 is 11.9 Å². The number of ether oxygens (including phenoxy) is 1. The number of methoxy groups -OCH3 is 1. The van der Waals surface area contributed by atoms with E-state index in [2.05, 4.69) is 42.7 Å². The summed E-state index contributed by atoms with van der Waals surface area (Å²) in [6.45, 7) is 5.37. The Hall–Kier alpha value is -4.13. The maximum Gasteiger partial charge on any atom is 0.409 e. The van der Waals surface area contributed by atoms with Crippen LogP contribution in [0.3, 0.4) is 0 Å². The molecule has 1 fully saturated rings. The molecule has 0 saturated carbocycles. The minimum Gasteiger partial charge on any atom is -0.453 e. The van der Waals surface area contributed by atoms with Gasteiger partial charge in [0.25, 0.3) is 0 Å². The number of carbonyl (C=O) groups excluding carboxylic acids is 2. The maximum atomic E-state index is 14.7. The summed E-state index contributed by atoms with van der Waals surface area (Å²) in [5.41, 5.74) is 3.16. The Morgan fingerprint density at radius 3 is 2.63 bits per heavy atom. The largest absolute Gasteiger partial charge is 0.453 e. The Morgan fingerprint density at radius 2 is 1.88 bits per heavy atom. The Kier molecular flexibility index (Phi) is 9.80. The van der Waals surface area contributed by atoms with Crippen molar-refractivity contribution >= 4 is 46.4 Å². The topological polar surface area (TPSA) is 116 Å². The Morgan fingerprint density at radius 1 is 1.07 bits per heavy atom. The molecule has 0 aliphatic carbocycles. The number of aromatic nitrogens is 3. The van der Waals surface area contributed by atoms with Gasteiger partial charge in [0.2, 0.25) is 5.91 Å². The molecule has 2 aromatic heterocycles. The van der Waals surface area contributed by atoms with Crippen LogP contribution in [0.2, 0.25) is 5.02 Å². The van der Waals surface area contributed by atoms with Crippen LogP contribution >= 0.6 is 11.6 Å². The van der Waals surface area contributed by atoms with E-state index in [1.807, 2.05) is 6.08 Å². The van der Waals surface area contributed by atoms with Crippen LogP contribution in [0, 0.1) is 5.82 Å². The Balaban J connectivity index is 1.36. The van der Waals surface area contributed by atoms with E-state index in [0.29, 0.717) is 66.1 Å². The molecular weight excluding hydrogens is 575 g/mol. The molecule has 0 radical (unpaired) electrons. The molecule has 43 heavy (non-hydrogen) atoms. The second-order valence-electron chi connectivity index (χ2n) is 10.5. The molecule has 1 saturated heterocycles. The summed E-state index contributed by atoms with van der Waals surface area (Å²) >= 11 is 6.14. The number of likely N-dealkylation sites (N-methyl/N-ethyl adjacent to an activating group) is 1. The summed E-state index contributed by atoms with van der Waals surface area (Å²) in [5, 5.41) is 15.4. The molecule has 0 atom stereocenters. The van der Waals surface area contributed by atoms with Crippen molar-refractivity contribution in [1.29, 1.82) is 0 Å². The number of hydrogen-bond donors (Lipinski definition) is 2. The van der Waals surface area contributed by atoms with Crippen LogP contribution in [-0.2, 0) is 9.53 Å². The van der Waals surface area contributed by atoms with Crippen molar-refractivity contribution in [3.05, 3.63) is 65.2 Å². The van der Waals surface area contributed by atoms with Crippen molar-refractivity contribution in [3.8, 4) is 11.3 Å². The first kappa shape index (κ1) is 30.3. The van der Waals surface area contributed by atoms with Gasteiger partial charge in [-0.25, -0.2) is 14.2 Å². The molecule has 0 bridgehead atoms. The first-order valence-electron chi connectivity index (χ1n) is 14.1. The SMILES string of the molecule is COC(=O)N1CC=C(c2nnc(-c3cc(Cl)ccc3F)cc2Nc2ccnc(NC(=O)CCN3CCN(C)CC3)c2)CC1. The minimum atomic E-state index is -0.478. The lowest BCUT2D eigenvalue weighted by Gasteiger charge is -2.32. The summed E-state index contributed by atoms with van der Waals surface area (Å²) in [4.78, 5) is 35.1. The van der Waals surface area contributed by atoms with Gasteiger partial charge in [-0.05, 0) is 49.4 Å². The molecule has 2 amide bonds. The number of pyridine rings is 1. The fraction of sp³-hybridized carbons (Fsp3) is 0.367.